The molecule has 0 saturated heterocycles. The summed E-state index contributed by atoms with van der Waals surface area (Å²) in [6.45, 7) is 14.3. The number of aliphatic hydroxyl groups is 2. The summed E-state index contributed by atoms with van der Waals surface area (Å²) in [5, 5.41) is 20.1. The third-order valence-electron chi connectivity index (χ3n) is 2.67. The summed E-state index contributed by atoms with van der Waals surface area (Å²) in [5.74, 6) is 0. The summed E-state index contributed by atoms with van der Waals surface area (Å²) in [4.78, 5) is 0. The van der Waals surface area contributed by atoms with Crippen LogP contribution < -0.4 is 10.6 Å². The fraction of sp³-hybridized carbons (Fsp3) is 0.538. The Bertz CT molecular complexity index is 454. The molecule has 3 nitrogen and oxygen atoms in total. The van der Waals surface area contributed by atoms with E-state index in [9.17, 15) is 5.11 Å². The molecule has 1 aromatic heterocycles. The van der Waals surface area contributed by atoms with Crippen molar-refractivity contribution in [3.8, 4) is 0 Å². The van der Waals surface area contributed by atoms with Crippen LogP contribution in [0.1, 0.15) is 26.5 Å². The van der Waals surface area contributed by atoms with E-state index in [0.717, 1.165) is 16.3 Å². The van der Waals surface area contributed by atoms with Gasteiger partial charge in [-0.15, -0.1) is 0 Å². The number of hydrogen-bond acceptors (Lipinski definition) is 2. The van der Waals surface area contributed by atoms with E-state index >= 15 is 0 Å². The Morgan fingerprint density at radius 3 is 2.38 bits per heavy atom. The summed E-state index contributed by atoms with van der Waals surface area (Å²) in [7, 11) is 0. The van der Waals surface area contributed by atoms with Gasteiger partial charge in [-0.05, 0) is 11.3 Å². The van der Waals surface area contributed by atoms with E-state index < -0.39 is 6.10 Å². The van der Waals surface area contributed by atoms with E-state index in [1.54, 1.807) is 0 Å². The summed E-state index contributed by atoms with van der Waals surface area (Å²) < 4.78 is 1.93. The Labute approximate surface area is 96.3 Å². The lowest BCUT2D eigenvalue weighted by Gasteiger charge is -2.23. The highest BCUT2D eigenvalue weighted by Crippen LogP contribution is 2.20. The highest BCUT2D eigenvalue weighted by molar-refractivity contribution is 5.23. The fourth-order valence-corrected chi connectivity index (χ4v) is 1.74. The molecule has 1 unspecified atom stereocenters. The Kier molecular flexibility index (Phi) is 3.61. The number of rotatable bonds is 3. The van der Waals surface area contributed by atoms with Gasteiger partial charge in [0.1, 0.15) is 0 Å². The predicted molar refractivity (Wildman–Crippen MR) is 66.5 cm³/mol. The molecule has 0 spiro atoms. The molecule has 0 radical (unpaired) electrons. The summed E-state index contributed by atoms with van der Waals surface area (Å²) in [6.07, 6.45) is -0.756. The Morgan fingerprint density at radius 2 is 1.94 bits per heavy atom. The molecule has 0 aromatic carbocycles. The Balaban J connectivity index is 3.26. The second kappa shape index (κ2) is 4.44. The van der Waals surface area contributed by atoms with Crippen LogP contribution >= 0.6 is 0 Å². The van der Waals surface area contributed by atoms with Gasteiger partial charge in [-0.25, -0.2) is 0 Å². The molecule has 0 aliphatic heterocycles. The molecule has 0 aliphatic rings. The van der Waals surface area contributed by atoms with E-state index in [4.69, 9.17) is 5.11 Å². The van der Waals surface area contributed by atoms with Crippen LogP contribution in [0.25, 0.3) is 13.2 Å². The first-order valence-corrected chi connectivity index (χ1v) is 5.44. The highest BCUT2D eigenvalue weighted by Gasteiger charge is 2.20. The number of nitrogens with zero attached hydrogens (tertiary/aromatic N) is 1. The molecule has 0 saturated carbocycles. The zero-order chi connectivity index (χ0) is 12.5. The van der Waals surface area contributed by atoms with Crippen LogP contribution in [-0.2, 0) is 12.0 Å². The SMILES string of the molecule is C=c1cc(C(C)(C)C)n(CC(O)CO)c1=C. The maximum Gasteiger partial charge on any atom is 0.0949 e. The van der Waals surface area contributed by atoms with Crippen LogP contribution in [0.3, 0.4) is 0 Å². The lowest BCUT2D eigenvalue weighted by Crippen LogP contribution is -2.34. The molecule has 1 atom stereocenters. The summed E-state index contributed by atoms with van der Waals surface area (Å²) in [5.41, 5.74) is 1.05. The molecule has 1 rings (SSSR count). The van der Waals surface area contributed by atoms with Crippen LogP contribution in [0.2, 0.25) is 0 Å². The average Bonchev–Trinajstić information content (AvgIpc) is 2.45. The van der Waals surface area contributed by atoms with Crippen molar-refractivity contribution in [2.24, 2.45) is 0 Å². The molecule has 16 heavy (non-hydrogen) atoms. The lowest BCUT2D eigenvalue weighted by atomic mass is 9.92. The second-order valence-electron chi connectivity index (χ2n) is 5.20. The van der Waals surface area contributed by atoms with Gasteiger partial charge in [0, 0.05) is 16.5 Å². The smallest absolute Gasteiger partial charge is 0.0949 e. The second-order valence-corrected chi connectivity index (χ2v) is 5.20. The van der Waals surface area contributed by atoms with Crippen molar-refractivity contribution < 1.29 is 10.2 Å². The first kappa shape index (κ1) is 13.0. The minimum Gasteiger partial charge on any atom is -0.394 e. The third-order valence-corrected chi connectivity index (χ3v) is 2.67. The topological polar surface area (TPSA) is 45.4 Å². The van der Waals surface area contributed by atoms with Gasteiger partial charge in [-0.3, -0.25) is 0 Å². The minimum absolute atomic E-state index is 0.0302. The monoisotopic (exact) mass is 223 g/mol. The Hall–Kier alpha value is -1.06. The molecule has 3 heteroatoms. The van der Waals surface area contributed by atoms with E-state index in [1.165, 1.54) is 0 Å². The average molecular weight is 223 g/mol. The molecule has 2 N–H and O–H groups in total. The highest BCUT2D eigenvalue weighted by atomic mass is 16.3. The van der Waals surface area contributed by atoms with Crippen molar-refractivity contribution in [2.75, 3.05) is 6.61 Å². The van der Waals surface area contributed by atoms with Crippen LogP contribution in [0.4, 0.5) is 0 Å². The van der Waals surface area contributed by atoms with Crippen LogP contribution in [-0.4, -0.2) is 27.5 Å². The lowest BCUT2D eigenvalue weighted by molar-refractivity contribution is 0.0794. The molecule has 1 aromatic rings. The summed E-state index contributed by atoms with van der Waals surface area (Å²) >= 11 is 0. The third kappa shape index (κ3) is 2.54. The molecule has 0 fully saturated rings. The molecule has 0 bridgehead atoms. The quantitative estimate of drug-likeness (QED) is 0.755. The number of aromatic nitrogens is 1. The van der Waals surface area contributed by atoms with Gasteiger partial charge in [0.05, 0.1) is 19.3 Å². The van der Waals surface area contributed by atoms with Gasteiger partial charge in [0.15, 0.2) is 0 Å². The minimum atomic E-state index is -0.756. The Morgan fingerprint density at radius 1 is 1.38 bits per heavy atom. The van der Waals surface area contributed by atoms with Crippen LogP contribution in [0.5, 0.6) is 0 Å². The predicted octanol–water partition coefficient (Wildman–Crippen LogP) is -0.0406. The molecule has 1 heterocycles. The van der Waals surface area contributed by atoms with Gasteiger partial charge < -0.3 is 14.8 Å². The maximum atomic E-state index is 9.52. The standard InChI is InChI=1S/C13H21NO2/c1-9-6-12(13(3,4)5)14(10(9)2)7-11(16)8-15/h6,11,15-16H,1-2,7-8H2,3-5H3. The van der Waals surface area contributed by atoms with Crippen LogP contribution in [0, 0.1) is 0 Å². The van der Waals surface area contributed by atoms with Crippen molar-refractivity contribution in [1.29, 1.82) is 0 Å². The zero-order valence-corrected chi connectivity index (χ0v) is 10.3. The van der Waals surface area contributed by atoms with Gasteiger partial charge in [0.2, 0.25) is 0 Å². The van der Waals surface area contributed by atoms with Gasteiger partial charge in [-0.1, -0.05) is 33.9 Å². The van der Waals surface area contributed by atoms with Crippen molar-refractivity contribution in [2.45, 2.75) is 38.8 Å². The van der Waals surface area contributed by atoms with Crippen LogP contribution in [0.15, 0.2) is 6.07 Å². The first-order valence-electron chi connectivity index (χ1n) is 5.44. The zero-order valence-electron chi connectivity index (χ0n) is 10.3. The maximum absolute atomic E-state index is 9.52. The molecule has 0 aliphatic carbocycles. The fourth-order valence-electron chi connectivity index (χ4n) is 1.74. The molecule has 0 amide bonds. The normalized spacial score (nSPS) is 14.1. The molecular weight excluding hydrogens is 202 g/mol. The molecule has 90 valence electrons. The van der Waals surface area contributed by atoms with Gasteiger partial charge in [0.25, 0.3) is 0 Å². The first-order chi connectivity index (χ1) is 7.27. The van der Waals surface area contributed by atoms with Crippen molar-refractivity contribution in [3.05, 3.63) is 22.3 Å². The van der Waals surface area contributed by atoms with Gasteiger partial charge in [-0.2, -0.15) is 0 Å². The van der Waals surface area contributed by atoms with E-state index in [0.29, 0.717) is 6.54 Å². The van der Waals surface area contributed by atoms with E-state index in [-0.39, 0.29) is 12.0 Å². The van der Waals surface area contributed by atoms with Crippen molar-refractivity contribution in [1.82, 2.24) is 4.57 Å². The number of hydrogen-bond donors (Lipinski definition) is 2. The van der Waals surface area contributed by atoms with E-state index in [2.05, 4.69) is 33.9 Å². The summed E-state index contributed by atoms with van der Waals surface area (Å²) in [6, 6.07) is 1.99. The number of aliphatic hydroxyl groups excluding tert-OH is 2. The van der Waals surface area contributed by atoms with E-state index in [1.807, 2.05) is 10.6 Å². The largest absolute Gasteiger partial charge is 0.394 e. The molecular formula is C13H21NO2. The van der Waals surface area contributed by atoms with Crippen molar-refractivity contribution in [3.63, 3.8) is 0 Å². The van der Waals surface area contributed by atoms with Gasteiger partial charge >= 0.3 is 0 Å². The van der Waals surface area contributed by atoms with Crippen molar-refractivity contribution >= 4 is 13.2 Å².